The number of halogens is 1. The van der Waals surface area contributed by atoms with Gasteiger partial charge in [-0.25, -0.2) is 0 Å². The predicted octanol–water partition coefficient (Wildman–Crippen LogP) is 4.73. The van der Waals surface area contributed by atoms with Crippen LogP contribution in [0.4, 0.5) is 0 Å². The fourth-order valence-electron chi connectivity index (χ4n) is 3.67. The lowest BCUT2D eigenvalue weighted by atomic mass is 9.61. The van der Waals surface area contributed by atoms with Crippen LogP contribution in [0.15, 0.2) is 32.6 Å². The number of hydrogen-bond donors (Lipinski definition) is 1. The lowest BCUT2D eigenvalue weighted by Crippen LogP contribution is -2.42. The van der Waals surface area contributed by atoms with E-state index in [2.05, 4.69) is 22.9 Å². The molecule has 1 fully saturated rings. The molecule has 0 aliphatic heterocycles. The van der Waals surface area contributed by atoms with Gasteiger partial charge in [0.05, 0.1) is 9.89 Å². The Morgan fingerprint density at radius 2 is 2.24 bits per heavy atom. The van der Waals surface area contributed by atoms with Crippen LogP contribution < -0.4 is 0 Å². The van der Waals surface area contributed by atoms with Crippen LogP contribution in [0.25, 0.3) is 6.08 Å². The molecule has 0 bridgehead atoms. The highest BCUT2D eigenvalue weighted by molar-refractivity contribution is 9.11. The Morgan fingerprint density at radius 1 is 1.48 bits per heavy atom. The van der Waals surface area contributed by atoms with Gasteiger partial charge < -0.3 is 5.11 Å². The minimum absolute atomic E-state index is 0.154. The van der Waals surface area contributed by atoms with Crippen molar-refractivity contribution in [3.8, 4) is 0 Å². The Kier molecular flexibility index (Phi) is 3.97. The van der Waals surface area contributed by atoms with Gasteiger partial charge in [0.25, 0.3) is 0 Å². The first-order chi connectivity index (χ1) is 9.91. The molecule has 1 aromatic rings. The molecule has 4 heteroatoms. The summed E-state index contributed by atoms with van der Waals surface area (Å²) in [4.78, 5) is 13.7. The lowest BCUT2D eigenvalue weighted by molar-refractivity contribution is -0.113. The molecule has 2 aliphatic carbocycles. The zero-order valence-electron chi connectivity index (χ0n) is 12.3. The van der Waals surface area contributed by atoms with E-state index < -0.39 is 0 Å². The third-order valence-electron chi connectivity index (χ3n) is 4.88. The standard InChI is InChI=1S/C17H19BrO2S/c1-10-13-4-3-5-14(19)17(13,2)9-11(16(10)20)8-12-6-7-15(18)21-12/h6-8,14,19H,3-5,9H2,1-2H3/t14-,17-/m0/s1. The minimum atomic E-state index is -0.345. The van der Waals surface area contributed by atoms with Crippen molar-refractivity contribution in [1.29, 1.82) is 0 Å². The van der Waals surface area contributed by atoms with Crippen molar-refractivity contribution in [3.05, 3.63) is 37.5 Å². The molecule has 0 amide bonds. The number of allylic oxidation sites excluding steroid dienone is 2. The SMILES string of the molecule is CC1=C2CCC[C@H](O)[C@@]2(C)CC(=Cc2ccc(Br)s2)C1=O. The summed E-state index contributed by atoms with van der Waals surface area (Å²) < 4.78 is 1.06. The molecule has 1 heterocycles. The third kappa shape index (κ3) is 2.58. The van der Waals surface area contributed by atoms with Crippen LogP contribution in [0.5, 0.6) is 0 Å². The van der Waals surface area contributed by atoms with Gasteiger partial charge in [-0.2, -0.15) is 0 Å². The molecular formula is C17H19BrO2S. The fraction of sp³-hybridized carbons (Fsp3) is 0.471. The van der Waals surface area contributed by atoms with Crippen LogP contribution in [-0.2, 0) is 4.79 Å². The minimum Gasteiger partial charge on any atom is -0.392 e. The van der Waals surface area contributed by atoms with Crippen molar-refractivity contribution >= 4 is 39.1 Å². The van der Waals surface area contributed by atoms with E-state index in [4.69, 9.17) is 0 Å². The van der Waals surface area contributed by atoms with Crippen molar-refractivity contribution in [2.45, 2.75) is 45.6 Å². The molecule has 0 radical (unpaired) electrons. The van der Waals surface area contributed by atoms with Crippen LogP contribution in [0.1, 0.15) is 44.4 Å². The van der Waals surface area contributed by atoms with Gasteiger partial charge in [0.2, 0.25) is 0 Å². The van der Waals surface area contributed by atoms with Gasteiger partial charge in [-0.05, 0) is 72.3 Å². The zero-order chi connectivity index (χ0) is 15.2. The summed E-state index contributed by atoms with van der Waals surface area (Å²) in [5.41, 5.74) is 2.59. The summed E-state index contributed by atoms with van der Waals surface area (Å²) in [6.07, 6.45) is 5.05. The van der Waals surface area contributed by atoms with E-state index >= 15 is 0 Å². The van der Waals surface area contributed by atoms with Crippen molar-refractivity contribution < 1.29 is 9.90 Å². The maximum absolute atomic E-state index is 12.6. The highest BCUT2D eigenvalue weighted by Gasteiger charge is 2.45. The van der Waals surface area contributed by atoms with E-state index in [1.807, 2.05) is 25.1 Å². The van der Waals surface area contributed by atoms with Gasteiger partial charge in [0.1, 0.15) is 0 Å². The molecule has 1 N–H and O–H groups in total. The first-order valence-corrected chi connectivity index (χ1v) is 8.91. The highest BCUT2D eigenvalue weighted by Crippen LogP contribution is 2.50. The van der Waals surface area contributed by atoms with E-state index in [0.717, 1.165) is 39.1 Å². The first-order valence-electron chi connectivity index (χ1n) is 7.31. The smallest absolute Gasteiger partial charge is 0.184 e. The van der Waals surface area contributed by atoms with Crippen molar-refractivity contribution in [2.75, 3.05) is 0 Å². The van der Waals surface area contributed by atoms with Gasteiger partial charge in [0, 0.05) is 15.9 Å². The van der Waals surface area contributed by atoms with E-state index in [-0.39, 0.29) is 17.3 Å². The number of ketones is 1. The molecule has 2 nitrogen and oxygen atoms in total. The number of aliphatic hydroxyl groups is 1. The highest BCUT2D eigenvalue weighted by atomic mass is 79.9. The van der Waals surface area contributed by atoms with E-state index in [1.165, 1.54) is 5.57 Å². The number of carbonyl (C=O) groups is 1. The molecule has 2 aliphatic rings. The van der Waals surface area contributed by atoms with Crippen molar-refractivity contribution in [2.24, 2.45) is 5.41 Å². The van der Waals surface area contributed by atoms with Gasteiger partial charge in [-0.1, -0.05) is 12.5 Å². The van der Waals surface area contributed by atoms with Crippen molar-refractivity contribution in [1.82, 2.24) is 0 Å². The molecule has 3 rings (SSSR count). The Balaban J connectivity index is 2.04. The normalized spacial score (nSPS) is 31.7. The maximum Gasteiger partial charge on any atom is 0.184 e. The number of aliphatic hydroxyl groups excluding tert-OH is 1. The second-order valence-corrected chi connectivity index (χ2v) is 8.74. The molecule has 1 aromatic heterocycles. The van der Waals surface area contributed by atoms with E-state index in [0.29, 0.717) is 6.42 Å². The molecule has 112 valence electrons. The quantitative estimate of drug-likeness (QED) is 0.729. The number of thiophene rings is 1. The molecule has 1 saturated carbocycles. The Morgan fingerprint density at radius 3 is 2.90 bits per heavy atom. The second-order valence-electron chi connectivity index (χ2n) is 6.25. The van der Waals surface area contributed by atoms with Gasteiger partial charge in [-0.15, -0.1) is 11.3 Å². The number of hydrogen-bond acceptors (Lipinski definition) is 3. The van der Waals surface area contributed by atoms with Gasteiger partial charge >= 0.3 is 0 Å². The predicted molar refractivity (Wildman–Crippen MR) is 90.3 cm³/mol. The summed E-state index contributed by atoms with van der Waals surface area (Å²) in [6.45, 7) is 4.03. The second kappa shape index (κ2) is 5.49. The Hall–Kier alpha value is -0.710. The number of carbonyl (C=O) groups excluding carboxylic acids is 1. The zero-order valence-corrected chi connectivity index (χ0v) is 14.7. The summed E-state index contributed by atoms with van der Waals surface area (Å²) in [5.74, 6) is 0.154. The average Bonchev–Trinajstić information content (AvgIpc) is 2.84. The van der Waals surface area contributed by atoms with Crippen molar-refractivity contribution in [3.63, 3.8) is 0 Å². The third-order valence-corrected chi connectivity index (χ3v) is 6.45. The van der Waals surface area contributed by atoms with Crippen LogP contribution in [0, 0.1) is 5.41 Å². The average molecular weight is 367 g/mol. The maximum atomic E-state index is 12.6. The van der Waals surface area contributed by atoms with Gasteiger partial charge in [0.15, 0.2) is 5.78 Å². The monoisotopic (exact) mass is 366 g/mol. The van der Waals surface area contributed by atoms with Crippen LogP contribution in [0.3, 0.4) is 0 Å². The summed E-state index contributed by atoms with van der Waals surface area (Å²) >= 11 is 5.08. The molecule has 0 aromatic carbocycles. The number of Topliss-reactive ketones (excluding diaryl/α,β-unsaturated/α-hetero) is 1. The summed E-state index contributed by atoms with van der Waals surface area (Å²) in [5, 5.41) is 10.5. The fourth-order valence-corrected chi connectivity index (χ4v) is 5.06. The van der Waals surface area contributed by atoms with Crippen LogP contribution >= 0.6 is 27.3 Å². The Labute approximate surface area is 137 Å². The van der Waals surface area contributed by atoms with Crippen LogP contribution in [0.2, 0.25) is 0 Å². The molecule has 0 saturated heterocycles. The van der Waals surface area contributed by atoms with E-state index in [9.17, 15) is 9.90 Å². The van der Waals surface area contributed by atoms with Gasteiger partial charge in [-0.3, -0.25) is 4.79 Å². The topological polar surface area (TPSA) is 37.3 Å². The largest absolute Gasteiger partial charge is 0.392 e. The molecule has 2 atom stereocenters. The summed E-state index contributed by atoms with van der Waals surface area (Å²) in [7, 11) is 0. The first kappa shape index (κ1) is 15.2. The number of fused-ring (bicyclic) bond motifs is 1. The van der Waals surface area contributed by atoms with E-state index in [1.54, 1.807) is 11.3 Å². The molecule has 0 spiro atoms. The number of rotatable bonds is 1. The Bertz CT molecular complexity index is 656. The molecular weight excluding hydrogens is 348 g/mol. The van der Waals surface area contributed by atoms with Crippen LogP contribution in [-0.4, -0.2) is 17.0 Å². The molecule has 21 heavy (non-hydrogen) atoms. The summed E-state index contributed by atoms with van der Waals surface area (Å²) in [6, 6.07) is 4.01. The lowest BCUT2D eigenvalue weighted by Gasteiger charge is -2.45. The molecule has 0 unspecified atom stereocenters.